The molecule has 0 aromatic rings. The first-order valence-corrected chi connectivity index (χ1v) is 4.32. The van der Waals surface area contributed by atoms with E-state index in [-0.39, 0.29) is 5.76 Å². The van der Waals surface area contributed by atoms with Gasteiger partial charge in [0, 0.05) is 6.42 Å². The van der Waals surface area contributed by atoms with Crippen LogP contribution in [0.25, 0.3) is 0 Å². The predicted molar refractivity (Wildman–Crippen MR) is 45.8 cm³/mol. The maximum absolute atomic E-state index is 12.2. The molecule has 0 saturated heterocycles. The van der Waals surface area contributed by atoms with Gasteiger partial charge in [-0.05, 0) is 23.1 Å². The van der Waals surface area contributed by atoms with Crippen LogP contribution in [0.4, 0.5) is 13.2 Å². The van der Waals surface area contributed by atoms with Gasteiger partial charge in [-0.25, -0.2) is 0 Å². The fourth-order valence-electron chi connectivity index (χ4n) is 0.831. The summed E-state index contributed by atoms with van der Waals surface area (Å²) in [6.45, 7) is 0. The van der Waals surface area contributed by atoms with Gasteiger partial charge in [-0.15, -0.1) is 0 Å². The zero-order valence-electron chi connectivity index (χ0n) is 6.49. The minimum atomic E-state index is -2.44. The molecular formula is C8H6BrF3O. The van der Waals surface area contributed by atoms with E-state index in [4.69, 9.17) is 0 Å². The molecule has 0 aliphatic heterocycles. The Bertz CT molecular complexity index is 290. The largest absolute Gasteiger partial charge is 0.432 e. The quantitative estimate of drug-likeness (QED) is 0.677. The van der Waals surface area contributed by atoms with Crippen molar-refractivity contribution in [3.8, 4) is 0 Å². The van der Waals surface area contributed by atoms with Crippen molar-refractivity contribution < 1.29 is 17.9 Å². The van der Waals surface area contributed by atoms with Gasteiger partial charge in [0.15, 0.2) is 0 Å². The van der Waals surface area contributed by atoms with Gasteiger partial charge in [-0.2, -0.15) is 13.2 Å². The average molecular weight is 255 g/mol. The zero-order valence-corrected chi connectivity index (χ0v) is 8.08. The van der Waals surface area contributed by atoms with Crippen LogP contribution in [-0.2, 0) is 4.74 Å². The number of hydrogen-bond donors (Lipinski definition) is 0. The molecule has 1 aliphatic rings. The Morgan fingerprint density at radius 1 is 1.23 bits per heavy atom. The van der Waals surface area contributed by atoms with Crippen molar-refractivity contribution in [2.24, 2.45) is 0 Å². The molecular weight excluding hydrogens is 249 g/mol. The maximum atomic E-state index is 12.2. The van der Waals surface area contributed by atoms with Crippen LogP contribution in [0.15, 0.2) is 34.5 Å². The fourth-order valence-corrected chi connectivity index (χ4v) is 1.16. The SMILES string of the molecule is FC(F)=C(F)OC1=CC=C(Br)CC1. The Labute approximate surface area is 81.7 Å². The summed E-state index contributed by atoms with van der Waals surface area (Å²) in [5.41, 5.74) is 0. The second-order valence-corrected chi connectivity index (χ2v) is 3.40. The van der Waals surface area contributed by atoms with E-state index in [0.29, 0.717) is 12.8 Å². The van der Waals surface area contributed by atoms with Crippen molar-refractivity contribution in [1.82, 2.24) is 0 Å². The standard InChI is InChI=1S/C8H6BrF3O/c9-5-1-3-6(4-2-5)13-8(12)7(10)11/h1,3H,2,4H2. The van der Waals surface area contributed by atoms with Gasteiger partial charge in [0.2, 0.25) is 0 Å². The minimum absolute atomic E-state index is 0.202. The van der Waals surface area contributed by atoms with Crippen LogP contribution in [0.1, 0.15) is 12.8 Å². The fraction of sp³-hybridized carbons (Fsp3) is 0.250. The van der Waals surface area contributed by atoms with Gasteiger partial charge in [0.25, 0.3) is 0 Å². The van der Waals surface area contributed by atoms with E-state index in [9.17, 15) is 13.2 Å². The molecule has 0 fully saturated rings. The molecule has 0 heterocycles. The van der Waals surface area contributed by atoms with E-state index >= 15 is 0 Å². The monoisotopic (exact) mass is 254 g/mol. The van der Waals surface area contributed by atoms with E-state index in [0.717, 1.165) is 4.48 Å². The molecule has 0 spiro atoms. The molecule has 13 heavy (non-hydrogen) atoms. The highest BCUT2D eigenvalue weighted by Gasteiger charge is 2.11. The summed E-state index contributed by atoms with van der Waals surface area (Å²) in [7, 11) is 0. The first-order chi connectivity index (χ1) is 6.09. The second-order valence-electron chi connectivity index (χ2n) is 2.38. The van der Waals surface area contributed by atoms with Crippen molar-refractivity contribution >= 4 is 15.9 Å². The van der Waals surface area contributed by atoms with Crippen molar-refractivity contribution in [2.45, 2.75) is 12.8 Å². The molecule has 1 rings (SSSR count). The molecule has 1 aliphatic carbocycles. The normalized spacial score (nSPS) is 16.0. The van der Waals surface area contributed by atoms with Crippen molar-refractivity contribution in [3.63, 3.8) is 0 Å². The predicted octanol–water partition coefficient (Wildman–Crippen LogP) is 3.99. The molecule has 5 heteroatoms. The lowest BCUT2D eigenvalue weighted by molar-refractivity contribution is 0.170. The topological polar surface area (TPSA) is 9.23 Å². The van der Waals surface area contributed by atoms with Gasteiger partial charge in [0.1, 0.15) is 5.76 Å². The third kappa shape index (κ3) is 3.26. The van der Waals surface area contributed by atoms with Crippen molar-refractivity contribution in [2.75, 3.05) is 0 Å². The highest BCUT2D eigenvalue weighted by atomic mass is 79.9. The summed E-state index contributed by atoms with van der Waals surface area (Å²) in [6, 6.07) is -1.82. The number of ether oxygens (including phenoxy) is 1. The molecule has 0 amide bonds. The summed E-state index contributed by atoms with van der Waals surface area (Å²) < 4.78 is 40.6. The number of hydrogen-bond acceptors (Lipinski definition) is 1. The maximum Gasteiger partial charge on any atom is 0.344 e. The molecule has 0 radical (unpaired) electrons. The summed E-state index contributed by atoms with van der Waals surface area (Å²) in [6.07, 6.45) is 1.71. The van der Waals surface area contributed by atoms with Crippen LogP contribution in [0, 0.1) is 0 Å². The van der Waals surface area contributed by atoms with Gasteiger partial charge in [-0.3, -0.25) is 0 Å². The number of rotatable bonds is 2. The smallest absolute Gasteiger partial charge is 0.344 e. The summed E-state index contributed by atoms with van der Waals surface area (Å²) >= 11 is 3.22. The molecule has 0 saturated carbocycles. The summed E-state index contributed by atoms with van der Waals surface area (Å²) in [5.74, 6) is 0.202. The Hall–Kier alpha value is -0.710. The van der Waals surface area contributed by atoms with Crippen LogP contribution < -0.4 is 0 Å². The van der Waals surface area contributed by atoms with E-state index in [1.54, 1.807) is 6.08 Å². The van der Waals surface area contributed by atoms with Crippen molar-refractivity contribution in [1.29, 1.82) is 0 Å². The van der Waals surface area contributed by atoms with Gasteiger partial charge in [-0.1, -0.05) is 15.9 Å². The molecule has 0 unspecified atom stereocenters. The number of allylic oxidation sites excluding steroid dienone is 4. The van der Waals surface area contributed by atoms with E-state index < -0.39 is 12.1 Å². The summed E-state index contributed by atoms with van der Waals surface area (Å²) in [5, 5.41) is 0. The highest BCUT2D eigenvalue weighted by molar-refractivity contribution is 9.11. The second kappa shape index (κ2) is 4.50. The molecule has 0 aromatic carbocycles. The first kappa shape index (κ1) is 10.4. The minimum Gasteiger partial charge on any atom is -0.432 e. The first-order valence-electron chi connectivity index (χ1n) is 3.53. The molecule has 72 valence electrons. The lowest BCUT2D eigenvalue weighted by Crippen LogP contribution is -1.94. The Balaban J connectivity index is 2.62. The van der Waals surface area contributed by atoms with Crippen LogP contribution in [0.2, 0.25) is 0 Å². The van der Waals surface area contributed by atoms with E-state index in [1.165, 1.54) is 6.08 Å². The van der Waals surface area contributed by atoms with Crippen LogP contribution in [0.3, 0.4) is 0 Å². The van der Waals surface area contributed by atoms with Crippen LogP contribution >= 0.6 is 15.9 Å². The lowest BCUT2D eigenvalue weighted by atomic mass is 10.2. The van der Waals surface area contributed by atoms with Gasteiger partial charge >= 0.3 is 12.1 Å². The van der Waals surface area contributed by atoms with Gasteiger partial charge < -0.3 is 4.74 Å². The summed E-state index contributed by atoms with van der Waals surface area (Å²) in [4.78, 5) is 0. The molecule has 0 N–H and O–H groups in total. The van der Waals surface area contributed by atoms with Gasteiger partial charge in [0.05, 0.1) is 0 Å². The van der Waals surface area contributed by atoms with E-state index in [1.807, 2.05) is 0 Å². The highest BCUT2D eigenvalue weighted by Crippen LogP contribution is 2.25. The molecule has 0 aromatic heterocycles. The molecule has 1 nitrogen and oxygen atoms in total. The van der Waals surface area contributed by atoms with E-state index in [2.05, 4.69) is 20.7 Å². The van der Waals surface area contributed by atoms with Crippen LogP contribution in [0.5, 0.6) is 0 Å². The van der Waals surface area contributed by atoms with Crippen LogP contribution in [-0.4, -0.2) is 0 Å². The number of halogens is 4. The molecule has 0 atom stereocenters. The average Bonchev–Trinajstić information content (AvgIpc) is 2.08. The lowest BCUT2D eigenvalue weighted by Gasteiger charge is -2.10. The third-order valence-corrected chi connectivity index (χ3v) is 2.09. The third-order valence-electron chi connectivity index (χ3n) is 1.43. The Morgan fingerprint density at radius 3 is 2.38 bits per heavy atom. The Morgan fingerprint density at radius 2 is 1.92 bits per heavy atom. The van der Waals surface area contributed by atoms with Crippen molar-refractivity contribution in [3.05, 3.63) is 34.5 Å². The zero-order chi connectivity index (χ0) is 9.84. The molecule has 0 bridgehead atoms. The Kier molecular flexibility index (Phi) is 3.59.